The van der Waals surface area contributed by atoms with Crippen molar-refractivity contribution in [3.63, 3.8) is 0 Å². The van der Waals surface area contributed by atoms with E-state index in [0.29, 0.717) is 17.8 Å². The summed E-state index contributed by atoms with van der Waals surface area (Å²) in [6.45, 7) is 0. The molecule has 0 radical (unpaired) electrons. The van der Waals surface area contributed by atoms with E-state index in [0.717, 1.165) is 0 Å². The van der Waals surface area contributed by atoms with Gasteiger partial charge >= 0.3 is 0 Å². The molecule has 0 saturated heterocycles. The second kappa shape index (κ2) is 4.71. The maximum atomic E-state index is 9.85. The van der Waals surface area contributed by atoms with Gasteiger partial charge in [0.25, 0.3) is 0 Å². The minimum atomic E-state index is -0.393. The summed E-state index contributed by atoms with van der Waals surface area (Å²) >= 11 is 0. The summed E-state index contributed by atoms with van der Waals surface area (Å²) in [5.74, 6) is 0.702. The molecule has 0 amide bonds. The number of aliphatic hydroxyl groups excluding tert-OH is 1. The van der Waals surface area contributed by atoms with Gasteiger partial charge in [-0.25, -0.2) is 4.98 Å². The van der Waals surface area contributed by atoms with E-state index >= 15 is 0 Å². The first-order chi connectivity index (χ1) is 9.28. The number of hydrogen-bond acceptors (Lipinski definition) is 5. The number of rotatable bonds is 3. The maximum Gasteiger partial charge on any atom is 0.126 e. The largest absolute Gasteiger partial charge is 0.391 e. The van der Waals surface area contributed by atoms with Gasteiger partial charge in [0.15, 0.2) is 0 Å². The highest BCUT2D eigenvalue weighted by Crippen LogP contribution is 2.34. The van der Waals surface area contributed by atoms with Crippen LogP contribution in [0.15, 0.2) is 36.8 Å². The molecule has 3 atom stereocenters. The fraction of sp³-hybridized carbons (Fsp3) is 0.308. The molecule has 2 aromatic heterocycles. The smallest absolute Gasteiger partial charge is 0.126 e. The number of anilines is 1. The number of pyridine rings is 1. The van der Waals surface area contributed by atoms with Crippen LogP contribution in [-0.2, 0) is 0 Å². The summed E-state index contributed by atoms with van der Waals surface area (Å²) in [4.78, 5) is 4.17. The van der Waals surface area contributed by atoms with Gasteiger partial charge in [-0.05, 0) is 24.6 Å². The van der Waals surface area contributed by atoms with Crippen molar-refractivity contribution in [2.24, 2.45) is 0 Å². The lowest BCUT2D eigenvalue weighted by molar-refractivity contribution is 0.0133. The third-order valence-electron chi connectivity index (χ3n) is 3.36. The molecule has 1 saturated carbocycles. The van der Waals surface area contributed by atoms with E-state index in [1.54, 1.807) is 23.0 Å². The summed E-state index contributed by atoms with van der Waals surface area (Å²) in [5, 5.41) is 26.0. The van der Waals surface area contributed by atoms with Crippen molar-refractivity contribution < 1.29 is 5.11 Å². The number of aromatic nitrogens is 3. The Balaban J connectivity index is 1.71. The maximum absolute atomic E-state index is 9.85. The summed E-state index contributed by atoms with van der Waals surface area (Å²) < 4.78 is 1.76. The average Bonchev–Trinajstić information content (AvgIpc) is 2.92. The Hall–Kier alpha value is -2.39. The molecule has 0 bridgehead atoms. The number of nitriles is 1. The van der Waals surface area contributed by atoms with E-state index in [4.69, 9.17) is 5.26 Å². The molecule has 0 spiro atoms. The minimum Gasteiger partial charge on any atom is -0.391 e. The summed E-state index contributed by atoms with van der Waals surface area (Å²) in [7, 11) is 0. The van der Waals surface area contributed by atoms with Crippen LogP contribution in [0.4, 0.5) is 5.82 Å². The van der Waals surface area contributed by atoms with Gasteiger partial charge in [0.05, 0.1) is 23.8 Å². The highest BCUT2D eigenvalue weighted by molar-refractivity contribution is 5.40. The quantitative estimate of drug-likeness (QED) is 0.852. The topological polar surface area (TPSA) is 86.8 Å². The summed E-state index contributed by atoms with van der Waals surface area (Å²) in [6.07, 6.45) is 5.33. The highest BCUT2D eigenvalue weighted by atomic mass is 16.3. The summed E-state index contributed by atoms with van der Waals surface area (Å²) in [5.41, 5.74) is 0.530. The van der Waals surface area contributed by atoms with Gasteiger partial charge in [-0.1, -0.05) is 0 Å². The predicted octanol–water partition coefficient (Wildman–Crippen LogP) is 0.936. The number of nitrogens with zero attached hydrogens (tertiary/aromatic N) is 4. The lowest BCUT2D eigenvalue weighted by atomic mass is 9.83. The van der Waals surface area contributed by atoms with E-state index in [2.05, 4.69) is 15.4 Å². The van der Waals surface area contributed by atoms with Gasteiger partial charge < -0.3 is 10.4 Å². The van der Waals surface area contributed by atoms with Gasteiger partial charge in [-0.2, -0.15) is 10.4 Å². The predicted molar refractivity (Wildman–Crippen MR) is 68.3 cm³/mol. The van der Waals surface area contributed by atoms with Gasteiger partial charge in [0.1, 0.15) is 11.9 Å². The van der Waals surface area contributed by atoms with Crippen LogP contribution in [0.1, 0.15) is 18.0 Å². The molecule has 19 heavy (non-hydrogen) atoms. The molecule has 6 heteroatoms. The second-order valence-corrected chi connectivity index (χ2v) is 4.57. The van der Waals surface area contributed by atoms with Crippen LogP contribution in [0.3, 0.4) is 0 Å². The lowest BCUT2D eigenvalue weighted by Crippen LogP contribution is -2.51. The fourth-order valence-electron chi connectivity index (χ4n) is 2.31. The van der Waals surface area contributed by atoms with Crippen molar-refractivity contribution in [1.29, 1.82) is 5.26 Å². The van der Waals surface area contributed by atoms with E-state index in [9.17, 15) is 5.11 Å². The molecular weight excluding hydrogens is 242 g/mol. The first kappa shape index (κ1) is 11.7. The Bertz CT molecular complexity index is 586. The normalized spacial score (nSPS) is 25.4. The van der Waals surface area contributed by atoms with E-state index in [-0.39, 0.29) is 12.1 Å². The molecule has 0 unspecified atom stereocenters. The Morgan fingerprint density at radius 3 is 2.95 bits per heavy atom. The molecule has 1 fully saturated rings. The Kier molecular flexibility index (Phi) is 2.89. The Labute approximate surface area is 110 Å². The van der Waals surface area contributed by atoms with Crippen molar-refractivity contribution in [3.8, 4) is 6.07 Å². The molecule has 6 nitrogen and oxygen atoms in total. The molecule has 2 aromatic rings. The number of nitrogens with one attached hydrogen (secondary N) is 1. The van der Waals surface area contributed by atoms with Crippen LogP contribution < -0.4 is 5.32 Å². The highest BCUT2D eigenvalue weighted by Gasteiger charge is 2.41. The first-order valence-corrected chi connectivity index (χ1v) is 6.08. The molecule has 2 heterocycles. The zero-order valence-electron chi connectivity index (χ0n) is 10.1. The minimum absolute atomic E-state index is 0.0764. The molecule has 0 aromatic carbocycles. The zero-order chi connectivity index (χ0) is 13.2. The molecule has 96 valence electrons. The third-order valence-corrected chi connectivity index (χ3v) is 3.36. The molecule has 2 N–H and O–H groups in total. The number of hydrogen-bond donors (Lipinski definition) is 2. The Morgan fingerprint density at radius 1 is 1.47 bits per heavy atom. The van der Waals surface area contributed by atoms with Crippen molar-refractivity contribution in [3.05, 3.63) is 42.4 Å². The van der Waals surface area contributed by atoms with E-state index in [1.807, 2.05) is 18.3 Å². The Morgan fingerprint density at radius 2 is 2.37 bits per heavy atom. The van der Waals surface area contributed by atoms with E-state index in [1.165, 1.54) is 6.20 Å². The monoisotopic (exact) mass is 255 g/mol. The van der Waals surface area contributed by atoms with Crippen molar-refractivity contribution in [1.82, 2.24) is 14.8 Å². The van der Waals surface area contributed by atoms with Crippen molar-refractivity contribution >= 4 is 5.82 Å². The number of aliphatic hydroxyl groups is 1. The molecule has 1 aliphatic carbocycles. The SMILES string of the molecule is N#Cc1ccc(N[C@H]2C[C@@H](O)[C@@H]2n2cccn2)nc1. The van der Waals surface area contributed by atoms with Crippen LogP contribution in [0.2, 0.25) is 0 Å². The zero-order valence-corrected chi connectivity index (χ0v) is 10.1. The first-order valence-electron chi connectivity index (χ1n) is 6.08. The third kappa shape index (κ3) is 2.16. The van der Waals surface area contributed by atoms with Crippen LogP contribution in [0.25, 0.3) is 0 Å². The molecule has 0 aliphatic heterocycles. The van der Waals surface area contributed by atoms with Crippen molar-refractivity contribution in [2.45, 2.75) is 24.6 Å². The van der Waals surface area contributed by atoms with Gasteiger partial charge in [-0.3, -0.25) is 4.68 Å². The molecule has 1 aliphatic rings. The van der Waals surface area contributed by atoms with Gasteiger partial charge in [0.2, 0.25) is 0 Å². The average molecular weight is 255 g/mol. The van der Waals surface area contributed by atoms with Crippen LogP contribution in [0.5, 0.6) is 0 Å². The van der Waals surface area contributed by atoms with Crippen LogP contribution in [0, 0.1) is 11.3 Å². The van der Waals surface area contributed by atoms with Gasteiger partial charge in [-0.15, -0.1) is 0 Å². The lowest BCUT2D eigenvalue weighted by Gasteiger charge is -2.42. The fourth-order valence-corrected chi connectivity index (χ4v) is 2.31. The van der Waals surface area contributed by atoms with Crippen LogP contribution in [-0.4, -0.2) is 32.0 Å². The second-order valence-electron chi connectivity index (χ2n) is 4.57. The standard InChI is InChI=1S/C13H13N5O/c14-7-9-2-3-12(15-8-9)17-10-6-11(19)13(10)18-5-1-4-16-18/h1-5,8,10-11,13,19H,6H2,(H,15,17)/t10-,11+,13+/m0/s1. The van der Waals surface area contributed by atoms with Crippen molar-refractivity contribution in [2.75, 3.05) is 5.32 Å². The molecule has 3 rings (SSSR count). The van der Waals surface area contributed by atoms with E-state index < -0.39 is 6.10 Å². The molecular formula is C13H13N5O. The van der Waals surface area contributed by atoms with Gasteiger partial charge in [0, 0.05) is 18.6 Å². The van der Waals surface area contributed by atoms with Crippen LogP contribution >= 0.6 is 0 Å². The summed E-state index contributed by atoms with van der Waals surface area (Å²) in [6, 6.07) is 7.36.